The van der Waals surface area contributed by atoms with E-state index in [4.69, 9.17) is 0 Å². The Labute approximate surface area is 127 Å². The zero-order chi connectivity index (χ0) is 15.0. The van der Waals surface area contributed by atoms with Crippen molar-refractivity contribution < 1.29 is 4.79 Å². The van der Waals surface area contributed by atoms with Gasteiger partial charge in [0.15, 0.2) is 0 Å². The van der Waals surface area contributed by atoms with Crippen LogP contribution in [0.1, 0.15) is 57.2 Å². The van der Waals surface area contributed by atoms with E-state index in [-0.39, 0.29) is 5.91 Å². The molecule has 0 aromatic heterocycles. The average molecular weight is 286 g/mol. The minimum absolute atomic E-state index is 0.146. The molecule has 1 aliphatic carbocycles. The van der Waals surface area contributed by atoms with Gasteiger partial charge in [0.2, 0.25) is 5.91 Å². The molecule has 2 aliphatic rings. The minimum Gasteiger partial charge on any atom is -0.326 e. The molecule has 1 aromatic carbocycles. The van der Waals surface area contributed by atoms with Gasteiger partial charge in [-0.05, 0) is 54.3 Å². The van der Waals surface area contributed by atoms with Crippen LogP contribution in [-0.4, -0.2) is 12.5 Å². The molecule has 21 heavy (non-hydrogen) atoms. The molecule has 1 saturated carbocycles. The molecule has 3 heteroatoms. The quantitative estimate of drug-likeness (QED) is 0.887. The number of fused-ring (bicyclic) bond motifs is 1. The second kappa shape index (κ2) is 5.45. The second-order valence-corrected chi connectivity index (χ2v) is 7.15. The fraction of sp³-hybridized carbons (Fsp3) is 0.611. The summed E-state index contributed by atoms with van der Waals surface area (Å²) in [5, 5.41) is 6.68. The van der Waals surface area contributed by atoms with E-state index in [2.05, 4.69) is 49.6 Å². The summed E-state index contributed by atoms with van der Waals surface area (Å²) in [4.78, 5) is 11.6. The predicted molar refractivity (Wildman–Crippen MR) is 86.3 cm³/mol. The van der Waals surface area contributed by atoms with Crippen molar-refractivity contribution in [1.82, 2.24) is 5.32 Å². The monoisotopic (exact) mass is 286 g/mol. The van der Waals surface area contributed by atoms with Crippen molar-refractivity contribution in [2.45, 2.75) is 52.5 Å². The van der Waals surface area contributed by atoms with Crippen LogP contribution >= 0.6 is 0 Å². The van der Waals surface area contributed by atoms with Crippen molar-refractivity contribution in [3.63, 3.8) is 0 Å². The number of amides is 1. The van der Waals surface area contributed by atoms with E-state index >= 15 is 0 Å². The summed E-state index contributed by atoms with van der Waals surface area (Å²) in [6.45, 7) is 7.87. The first-order chi connectivity index (χ1) is 10.0. The number of carbonyl (C=O) groups excluding carboxylic acids is 1. The molecule has 0 bridgehead atoms. The molecule has 1 amide bonds. The van der Waals surface area contributed by atoms with Gasteiger partial charge in [-0.2, -0.15) is 0 Å². The molecule has 2 N–H and O–H groups in total. The molecular formula is C18H26N2O. The van der Waals surface area contributed by atoms with Gasteiger partial charge in [-0.3, -0.25) is 4.79 Å². The third-order valence-electron chi connectivity index (χ3n) is 5.03. The van der Waals surface area contributed by atoms with Crippen LogP contribution in [0.25, 0.3) is 0 Å². The highest BCUT2D eigenvalue weighted by molar-refractivity contribution is 5.92. The highest BCUT2D eigenvalue weighted by atomic mass is 16.1. The Morgan fingerprint density at radius 1 is 1.38 bits per heavy atom. The van der Waals surface area contributed by atoms with Crippen LogP contribution < -0.4 is 10.6 Å². The lowest BCUT2D eigenvalue weighted by atomic mass is 9.94. The van der Waals surface area contributed by atoms with Crippen LogP contribution in [0, 0.1) is 11.3 Å². The molecule has 114 valence electrons. The fourth-order valence-electron chi connectivity index (χ4n) is 3.58. The zero-order valence-electron chi connectivity index (χ0n) is 13.3. The second-order valence-electron chi connectivity index (χ2n) is 7.15. The van der Waals surface area contributed by atoms with Gasteiger partial charge in [-0.15, -0.1) is 0 Å². The molecule has 1 aliphatic heterocycles. The highest BCUT2D eigenvalue weighted by Crippen LogP contribution is 2.57. The lowest BCUT2D eigenvalue weighted by molar-refractivity contribution is -0.116. The number of anilines is 1. The third-order valence-corrected chi connectivity index (χ3v) is 5.03. The van der Waals surface area contributed by atoms with E-state index in [1.165, 1.54) is 17.5 Å². The van der Waals surface area contributed by atoms with Crippen molar-refractivity contribution in [2.75, 3.05) is 11.9 Å². The van der Waals surface area contributed by atoms with Gasteiger partial charge in [0.1, 0.15) is 0 Å². The first-order valence-electron chi connectivity index (χ1n) is 8.17. The molecule has 3 nitrogen and oxygen atoms in total. The first kappa shape index (κ1) is 14.6. The molecule has 0 radical (unpaired) electrons. The maximum absolute atomic E-state index is 11.6. The molecule has 0 saturated heterocycles. The lowest BCUT2D eigenvalue weighted by Gasteiger charge is -2.21. The van der Waals surface area contributed by atoms with Gasteiger partial charge in [0.05, 0.1) is 0 Å². The molecule has 1 aromatic rings. The molecule has 3 rings (SSSR count). The lowest BCUT2D eigenvalue weighted by Crippen LogP contribution is -2.24. The standard InChI is InChI=1S/C18H26N2O/c1-4-19-17(14-11-18(14,2)3)13-8-9-15-12(10-13)6-5-7-16(21)20-15/h8-10,14,17,19H,4-7,11H2,1-3H3,(H,20,21). The largest absolute Gasteiger partial charge is 0.326 e. The van der Waals surface area contributed by atoms with E-state index in [1.807, 2.05) is 0 Å². The number of hydrogen-bond acceptors (Lipinski definition) is 2. The summed E-state index contributed by atoms with van der Waals surface area (Å²) in [6.07, 6.45) is 3.87. The SMILES string of the molecule is CCNC(c1ccc2c(c1)CCCC(=O)N2)C1CC1(C)C. The molecule has 2 atom stereocenters. The number of hydrogen-bond donors (Lipinski definition) is 2. The van der Waals surface area contributed by atoms with E-state index in [9.17, 15) is 4.79 Å². The smallest absolute Gasteiger partial charge is 0.224 e. The maximum Gasteiger partial charge on any atom is 0.224 e. The Kier molecular flexibility index (Phi) is 3.78. The van der Waals surface area contributed by atoms with Crippen LogP contribution in [-0.2, 0) is 11.2 Å². The van der Waals surface area contributed by atoms with Gasteiger partial charge < -0.3 is 10.6 Å². The Bertz CT molecular complexity index is 550. The first-order valence-corrected chi connectivity index (χ1v) is 8.17. The maximum atomic E-state index is 11.6. The van der Waals surface area contributed by atoms with Gasteiger partial charge in [0, 0.05) is 18.2 Å². The van der Waals surface area contributed by atoms with Crippen molar-refractivity contribution >= 4 is 11.6 Å². The van der Waals surface area contributed by atoms with E-state index in [1.54, 1.807) is 0 Å². The zero-order valence-corrected chi connectivity index (χ0v) is 13.3. The Morgan fingerprint density at radius 2 is 2.14 bits per heavy atom. The van der Waals surface area contributed by atoms with Crippen molar-refractivity contribution in [2.24, 2.45) is 11.3 Å². The Balaban J connectivity index is 1.87. The number of aryl methyl sites for hydroxylation is 1. The van der Waals surface area contributed by atoms with Crippen molar-refractivity contribution in [3.8, 4) is 0 Å². The molecule has 0 spiro atoms. The van der Waals surface area contributed by atoms with E-state index in [0.717, 1.165) is 31.0 Å². The van der Waals surface area contributed by atoms with Gasteiger partial charge in [0.25, 0.3) is 0 Å². The number of benzene rings is 1. The normalized spacial score (nSPS) is 24.7. The van der Waals surface area contributed by atoms with Gasteiger partial charge >= 0.3 is 0 Å². The highest BCUT2D eigenvalue weighted by Gasteiger charge is 2.50. The van der Waals surface area contributed by atoms with E-state index in [0.29, 0.717) is 17.9 Å². The van der Waals surface area contributed by atoms with Crippen LogP contribution in [0.15, 0.2) is 18.2 Å². The minimum atomic E-state index is 0.146. The van der Waals surface area contributed by atoms with Crippen molar-refractivity contribution in [1.29, 1.82) is 0 Å². The number of nitrogens with one attached hydrogen (secondary N) is 2. The average Bonchev–Trinajstić information content (AvgIpc) is 3.10. The van der Waals surface area contributed by atoms with Crippen LogP contribution in [0.3, 0.4) is 0 Å². The van der Waals surface area contributed by atoms with Crippen molar-refractivity contribution in [3.05, 3.63) is 29.3 Å². The summed E-state index contributed by atoms with van der Waals surface area (Å²) >= 11 is 0. The molecule has 1 heterocycles. The molecule has 2 unspecified atom stereocenters. The van der Waals surface area contributed by atoms with Crippen LogP contribution in [0.5, 0.6) is 0 Å². The summed E-state index contributed by atoms with van der Waals surface area (Å²) < 4.78 is 0. The number of carbonyl (C=O) groups is 1. The summed E-state index contributed by atoms with van der Waals surface area (Å²) in [5.41, 5.74) is 4.13. The topological polar surface area (TPSA) is 41.1 Å². The number of rotatable bonds is 4. The molecule has 1 fully saturated rings. The van der Waals surface area contributed by atoms with Crippen LogP contribution in [0.4, 0.5) is 5.69 Å². The molecular weight excluding hydrogens is 260 g/mol. The fourth-order valence-corrected chi connectivity index (χ4v) is 3.58. The Hall–Kier alpha value is -1.35. The Morgan fingerprint density at radius 3 is 2.81 bits per heavy atom. The van der Waals surface area contributed by atoms with Gasteiger partial charge in [-0.25, -0.2) is 0 Å². The summed E-state index contributed by atoms with van der Waals surface area (Å²) in [7, 11) is 0. The van der Waals surface area contributed by atoms with Gasteiger partial charge in [-0.1, -0.05) is 32.9 Å². The van der Waals surface area contributed by atoms with E-state index < -0.39 is 0 Å². The van der Waals surface area contributed by atoms with Crippen LogP contribution in [0.2, 0.25) is 0 Å². The summed E-state index contributed by atoms with van der Waals surface area (Å²) in [6, 6.07) is 7.02. The predicted octanol–water partition coefficient (Wildman–Crippen LogP) is 3.66. The third kappa shape index (κ3) is 2.98. The summed E-state index contributed by atoms with van der Waals surface area (Å²) in [5.74, 6) is 0.865.